The molecule has 8 nitrogen and oxygen atoms in total. The Morgan fingerprint density at radius 2 is 1.97 bits per heavy atom. The molecule has 1 aliphatic rings. The molecule has 1 amide bonds. The fourth-order valence-corrected chi connectivity index (χ4v) is 4.39. The lowest BCUT2D eigenvalue weighted by Crippen LogP contribution is -2.59. The first-order valence-electron chi connectivity index (χ1n) is 11.3. The van der Waals surface area contributed by atoms with Crippen LogP contribution in [0, 0.1) is 5.82 Å². The first-order chi connectivity index (χ1) is 17.3. The number of anilines is 2. The van der Waals surface area contributed by atoms with Crippen molar-refractivity contribution in [3.05, 3.63) is 78.6 Å². The standard InChI is InChI=1S/C26H21F2N7O/c1-26(28)13-35(14-26)25(36)22-8-15-2-3-16(9-21(15)33-22)24-29-7-6-23(34-24)32-18-4-5-19(20(27)10-18)17-11-30-31-12-17/h2-12,33H,13-14H2,1H3,(H,30,31)(H,29,32,34). The molecule has 0 unspecified atom stereocenters. The van der Waals surface area contributed by atoms with E-state index in [0.29, 0.717) is 34.2 Å². The van der Waals surface area contributed by atoms with E-state index in [2.05, 4.69) is 30.5 Å². The lowest BCUT2D eigenvalue weighted by Gasteiger charge is -2.41. The van der Waals surface area contributed by atoms with Crippen molar-refractivity contribution in [3.63, 3.8) is 0 Å². The van der Waals surface area contributed by atoms with Crippen LogP contribution in [0.25, 0.3) is 33.4 Å². The second kappa shape index (κ2) is 8.26. The first kappa shape index (κ1) is 21.9. The Labute approximate surface area is 204 Å². The van der Waals surface area contributed by atoms with Gasteiger partial charge in [-0.3, -0.25) is 9.89 Å². The van der Waals surface area contributed by atoms with Crippen LogP contribution in [-0.4, -0.2) is 54.7 Å². The second-order valence-electron chi connectivity index (χ2n) is 9.13. The molecule has 0 bridgehead atoms. The van der Waals surface area contributed by atoms with Gasteiger partial charge >= 0.3 is 0 Å². The van der Waals surface area contributed by atoms with Gasteiger partial charge in [-0.15, -0.1) is 0 Å². The summed E-state index contributed by atoms with van der Waals surface area (Å²) in [5.41, 5.74) is 2.24. The summed E-state index contributed by atoms with van der Waals surface area (Å²) in [6, 6.07) is 13.9. The number of alkyl halides is 1. The minimum atomic E-state index is -1.32. The van der Waals surface area contributed by atoms with E-state index in [1.807, 2.05) is 18.2 Å². The monoisotopic (exact) mass is 485 g/mol. The van der Waals surface area contributed by atoms with E-state index in [4.69, 9.17) is 0 Å². The number of benzene rings is 2. The van der Waals surface area contributed by atoms with Crippen LogP contribution in [0.3, 0.4) is 0 Å². The maximum atomic E-state index is 14.6. The summed E-state index contributed by atoms with van der Waals surface area (Å²) < 4.78 is 28.4. The average molecular weight is 485 g/mol. The molecule has 180 valence electrons. The number of nitrogens with zero attached hydrogens (tertiary/aromatic N) is 4. The molecular formula is C26H21F2N7O. The van der Waals surface area contributed by atoms with Crippen molar-refractivity contribution in [2.75, 3.05) is 18.4 Å². The topological polar surface area (TPSA) is 103 Å². The zero-order valence-electron chi connectivity index (χ0n) is 19.2. The van der Waals surface area contributed by atoms with Gasteiger partial charge in [0.2, 0.25) is 0 Å². The molecule has 2 aromatic carbocycles. The van der Waals surface area contributed by atoms with Crippen LogP contribution >= 0.6 is 0 Å². The molecule has 0 spiro atoms. The van der Waals surface area contributed by atoms with Crippen molar-refractivity contribution in [3.8, 4) is 22.5 Å². The van der Waals surface area contributed by atoms with E-state index in [0.717, 1.165) is 16.5 Å². The number of hydrogen-bond donors (Lipinski definition) is 3. The molecular weight excluding hydrogens is 464 g/mol. The van der Waals surface area contributed by atoms with Gasteiger partial charge in [-0.05, 0) is 43.3 Å². The van der Waals surface area contributed by atoms with E-state index in [1.165, 1.54) is 17.9 Å². The molecule has 0 radical (unpaired) electrons. The lowest BCUT2D eigenvalue weighted by atomic mass is 9.99. The quantitative estimate of drug-likeness (QED) is 0.322. The van der Waals surface area contributed by atoms with Crippen LogP contribution in [0.2, 0.25) is 0 Å². The Bertz CT molecular complexity index is 1590. The van der Waals surface area contributed by atoms with E-state index in [1.54, 1.807) is 42.9 Å². The molecule has 36 heavy (non-hydrogen) atoms. The van der Waals surface area contributed by atoms with Crippen LogP contribution < -0.4 is 5.32 Å². The normalized spacial score (nSPS) is 14.6. The highest BCUT2D eigenvalue weighted by molar-refractivity contribution is 5.99. The number of aromatic nitrogens is 5. The highest BCUT2D eigenvalue weighted by Gasteiger charge is 2.42. The van der Waals surface area contributed by atoms with Crippen LogP contribution in [0.5, 0.6) is 0 Å². The summed E-state index contributed by atoms with van der Waals surface area (Å²) in [6.07, 6.45) is 4.81. The minimum absolute atomic E-state index is 0.0933. The molecule has 6 rings (SSSR count). The second-order valence-corrected chi connectivity index (χ2v) is 9.13. The number of nitrogens with one attached hydrogen (secondary N) is 3. The van der Waals surface area contributed by atoms with Crippen molar-refractivity contribution in [2.45, 2.75) is 12.6 Å². The van der Waals surface area contributed by atoms with E-state index < -0.39 is 5.67 Å². The molecule has 1 fully saturated rings. The molecule has 10 heteroatoms. The Balaban J connectivity index is 1.22. The van der Waals surface area contributed by atoms with E-state index in [9.17, 15) is 13.6 Å². The third-order valence-electron chi connectivity index (χ3n) is 6.15. The SMILES string of the molecule is CC1(F)CN(C(=O)c2cc3ccc(-c4nccc(Nc5ccc(-c6cn[nH]c6)c(F)c5)n4)cc3[nH]2)C1. The molecule has 1 saturated heterocycles. The van der Waals surface area contributed by atoms with Crippen molar-refractivity contribution in [2.24, 2.45) is 0 Å². The average Bonchev–Trinajstić information content (AvgIpc) is 3.52. The summed E-state index contributed by atoms with van der Waals surface area (Å²) in [6.45, 7) is 1.68. The number of amides is 1. The van der Waals surface area contributed by atoms with E-state index in [-0.39, 0.29) is 24.8 Å². The van der Waals surface area contributed by atoms with Crippen LogP contribution in [-0.2, 0) is 0 Å². The molecule has 3 N–H and O–H groups in total. The summed E-state index contributed by atoms with van der Waals surface area (Å²) >= 11 is 0. The number of hydrogen-bond acceptors (Lipinski definition) is 5. The van der Waals surface area contributed by atoms with Crippen molar-refractivity contribution in [1.82, 2.24) is 30.0 Å². The number of likely N-dealkylation sites (tertiary alicyclic amines) is 1. The number of H-pyrrole nitrogens is 2. The largest absolute Gasteiger partial charge is 0.351 e. The maximum absolute atomic E-state index is 14.6. The maximum Gasteiger partial charge on any atom is 0.270 e. The zero-order chi connectivity index (χ0) is 24.9. The van der Waals surface area contributed by atoms with Gasteiger partial charge in [0.25, 0.3) is 5.91 Å². The Morgan fingerprint density at radius 1 is 1.11 bits per heavy atom. The minimum Gasteiger partial charge on any atom is -0.351 e. The smallest absolute Gasteiger partial charge is 0.270 e. The number of carbonyl (C=O) groups is 1. The van der Waals surface area contributed by atoms with Gasteiger partial charge in [0.1, 0.15) is 23.0 Å². The fraction of sp³-hybridized carbons (Fsp3) is 0.154. The Kier molecular flexibility index (Phi) is 5.03. The highest BCUT2D eigenvalue weighted by atomic mass is 19.1. The van der Waals surface area contributed by atoms with Crippen LogP contribution in [0.15, 0.2) is 67.1 Å². The van der Waals surface area contributed by atoms with Crippen molar-refractivity contribution >= 4 is 28.3 Å². The molecule has 3 aromatic heterocycles. The zero-order valence-corrected chi connectivity index (χ0v) is 19.2. The van der Waals surface area contributed by atoms with Gasteiger partial charge in [0.15, 0.2) is 5.82 Å². The predicted molar refractivity (Wildman–Crippen MR) is 132 cm³/mol. The highest BCUT2D eigenvalue weighted by Crippen LogP contribution is 2.29. The fourth-order valence-electron chi connectivity index (χ4n) is 4.39. The third-order valence-corrected chi connectivity index (χ3v) is 6.15. The van der Waals surface area contributed by atoms with Gasteiger partial charge < -0.3 is 15.2 Å². The van der Waals surface area contributed by atoms with Gasteiger partial charge in [-0.25, -0.2) is 18.7 Å². The van der Waals surface area contributed by atoms with Gasteiger partial charge in [-0.1, -0.05) is 12.1 Å². The molecule has 0 atom stereocenters. The number of rotatable bonds is 5. The van der Waals surface area contributed by atoms with Gasteiger partial charge in [0.05, 0.1) is 19.3 Å². The van der Waals surface area contributed by atoms with Gasteiger partial charge in [-0.2, -0.15) is 5.10 Å². The Hall–Kier alpha value is -4.60. The molecule has 4 heterocycles. The molecule has 0 saturated carbocycles. The number of carbonyl (C=O) groups excluding carboxylic acids is 1. The van der Waals surface area contributed by atoms with E-state index >= 15 is 0 Å². The molecule has 0 aliphatic carbocycles. The van der Waals surface area contributed by atoms with Crippen LogP contribution in [0.1, 0.15) is 17.4 Å². The van der Waals surface area contributed by atoms with Crippen LogP contribution in [0.4, 0.5) is 20.3 Å². The predicted octanol–water partition coefficient (Wildman–Crippen LogP) is 5.08. The summed E-state index contributed by atoms with van der Waals surface area (Å²) in [7, 11) is 0. The summed E-state index contributed by atoms with van der Waals surface area (Å²) in [5, 5.41) is 10.5. The van der Waals surface area contributed by atoms with Crippen molar-refractivity contribution < 1.29 is 13.6 Å². The number of halogens is 2. The third kappa shape index (κ3) is 4.06. The summed E-state index contributed by atoms with van der Waals surface area (Å²) in [4.78, 5) is 26.2. The Morgan fingerprint density at radius 3 is 2.72 bits per heavy atom. The van der Waals surface area contributed by atoms with Gasteiger partial charge in [0, 0.05) is 45.7 Å². The number of aromatic amines is 2. The van der Waals surface area contributed by atoms with Crippen molar-refractivity contribution in [1.29, 1.82) is 0 Å². The molecule has 5 aromatic rings. The number of fused-ring (bicyclic) bond motifs is 1. The summed E-state index contributed by atoms with van der Waals surface area (Å²) in [5.74, 6) is 0.365. The molecule has 1 aliphatic heterocycles. The lowest BCUT2D eigenvalue weighted by molar-refractivity contribution is -0.00816. The first-order valence-corrected chi connectivity index (χ1v) is 11.3.